The van der Waals surface area contributed by atoms with E-state index in [0.29, 0.717) is 19.0 Å². The van der Waals surface area contributed by atoms with Crippen molar-refractivity contribution in [2.45, 2.75) is 20.0 Å². The van der Waals surface area contributed by atoms with Crippen molar-refractivity contribution in [2.75, 3.05) is 14.1 Å². The molecule has 0 unspecified atom stereocenters. The predicted octanol–water partition coefficient (Wildman–Crippen LogP) is 2.60. The number of aryl methyl sites for hydroxylation is 2. The van der Waals surface area contributed by atoms with E-state index in [4.69, 9.17) is 4.42 Å². The monoisotopic (exact) mass is 481 g/mol. The van der Waals surface area contributed by atoms with Gasteiger partial charge in [-0.15, -0.1) is 24.0 Å². The minimum atomic E-state index is 0. The first kappa shape index (κ1) is 20.9. The Labute approximate surface area is 175 Å². The quantitative estimate of drug-likeness (QED) is 0.343. The first-order valence-corrected chi connectivity index (χ1v) is 8.33. The molecule has 0 saturated carbocycles. The molecule has 1 N–H and O–H groups in total. The molecule has 8 nitrogen and oxygen atoms in total. The summed E-state index contributed by atoms with van der Waals surface area (Å²) in [6.45, 7) is 3.10. The van der Waals surface area contributed by atoms with E-state index in [1.54, 1.807) is 24.3 Å². The second-order valence-electron chi connectivity index (χ2n) is 6.04. The zero-order valence-corrected chi connectivity index (χ0v) is 18.2. The molecule has 0 aliphatic rings. The third kappa shape index (κ3) is 5.28. The molecule has 3 aromatic rings. The summed E-state index contributed by atoms with van der Waals surface area (Å²) in [5.74, 6) is 2.94. The van der Waals surface area contributed by atoms with Gasteiger partial charge in [0.05, 0.1) is 19.3 Å². The highest BCUT2D eigenvalue weighted by molar-refractivity contribution is 14.0. The fourth-order valence-corrected chi connectivity index (χ4v) is 2.53. The van der Waals surface area contributed by atoms with Gasteiger partial charge in [0.2, 0.25) is 5.89 Å². The van der Waals surface area contributed by atoms with Crippen LogP contribution in [-0.2, 0) is 20.1 Å². The molecule has 0 fully saturated rings. The molecule has 0 saturated heterocycles. The van der Waals surface area contributed by atoms with Gasteiger partial charge < -0.3 is 14.6 Å². The van der Waals surface area contributed by atoms with Crippen molar-refractivity contribution in [3.63, 3.8) is 0 Å². The number of nitrogens with zero attached hydrogens (tertiary/aromatic N) is 6. The Bertz CT molecular complexity index is 885. The van der Waals surface area contributed by atoms with Crippen LogP contribution in [0.4, 0.5) is 0 Å². The molecule has 144 valence electrons. The number of rotatable bonds is 5. The summed E-state index contributed by atoms with van der Waals surface area (Å²) in [4.78, 5) is 14.8. The Balaban J connectivity index is 0.00000261. The van der Waals surface area contributed by atoms with Gasteiger partial charge in [-0.2, -0.15) is 5.10 Å². The predicted molar refractivity (Wildman–Crippen MR) is 115 cm³/mol. The third-order valence-electron chi connectivity index (χ3n) is 4.04. The molecule has 3 rings (SSSR count). The SMILES string of the molecule is CN=C(NCc1ncc(-c2ccc(C)cc2)o1)N(C)Cc1ncnn1C.I. The average Bonchev–Trinajstić information content (AvgIpc) is 3.26. The molecule has 0 atom stereocenters. The summed E-state index contributed by atoms with van der Waals surface area (Å²) < 4.78 is 7.58. The van der Waals surface area contributed by atoms with Crippen LogP contribution in [0.2, 0.25) is 0 Å². The van der Waals surface area contributed by atoms with E-state index in [0.717, 1.165) is 23.1 Å². The summed E-state index contributed by atoms with van der Waals surface area (Å²) >= 11 is 0. The number of hydrogen-bond donors (Lipinski definition) is 1. The van der Waals surface area contributed by atoms with E-state index < -0.39 is 0 Å². The van der Waals surface area contributed by atoms with Gasteiger partial charge in [0, 0.05) is 26.7 Å². The zero-order valence-electron chi connectivity index (χ0n) is 15.9. The van der Waals surface area contributed by atoms with Crippen LogP contribution in [0.15, 0.2) is 46.2 Å². The van der Waals surface area contributed by atoms with Crippen LogP contribution >= 0.6 is 24.0 Å². The highest BCUT2D eigenvalue weighted by Gasteiger charge is 2.12. The number of guanidine groups is 1. The van der Waals surface area contributed by atoms with Crippen LogP contribution in [0.3, 0.4) is 0 Å². The number of aliphatic imine (C=N–C) groups is 1. The topological polar surface area (TPSA) is 84.4 Å². The van der Waals surface area contributed by atoms with Gasteiger partial charge in [0.15, 0.2) is 11.7 Å². The van der Waals surface area contributed by atoms with E-state index in [1.807, 2.05) is 31.1 Å². The highest BCUT2D eigenvalue weighted by Crippen LogP contribution is 2.20. The van der Waals surface area contributed by atoms with Crippen LogP contribution in [0.5, 0.6) is 0 Å². The number of benzene rings is 1. The molecular weight excluding hydrogens is 457 g/mol. The smallest absolute Gasteiger partial charge is 0.214 e. The van der Waals surface area contributed by atoms with E-state index in [-0.39, 0.29) is 24.0 Å². The van der Waals surface area contributed by atoms with Crippen molar-refractivity contribution < 1.29 is 4.42 Å². The van der Waals surface area contributed by atoms with Gasteiger partial charge in [-0.25, -0.2) is 9.97 Å². The summed E-state index contributed by atoms with van der Waals surface area (Å²) in [7, 11) is 5.55. The number of halogens is 1. The lowest BCUT2D eigenvalue weighted by atomic mass is 10.1. The first-order chi connectivity index (χ1) is 12.6. The Morgan fingerprint density at radius 1 is 1.26 bits per heavy atom. The van der Waals surface area contributed by atoms with Crippen molar-refractivity contribution >= 4 is 29.9 Å². The van der Waals surface area contributed by atoms with Crippen molar-refractivity contribution in [2.24, 2.45) is 12.0 Å². The lowest BCUT2D eigenvalue weighted by molar-refractivity contribution is 0.437. The number of hydrogen-bond acceptors (Lipinski definition) is 5. The molecule has 0 amide bonds. The van der Waals surface area contributed by atoms with Gasteiger partial charge >= 0.3 is 0 Å². The molecule has 1 aromatic carbocycles. The molecule has 9 heteroatoms. The largest absolute Gasteiger partial charge is 0.439 e. The van der Waals surface area contributed by atoms with Crippen LogP contribution in [0.1, 0.15) is 17.3 Å². The number of aromatic nitrogens is 4. The molecule has 0 aliphatic carbocycles. The Hall–Kier alpha value is -2.43. The highest BCUT2D eigenvalue weighted by atomic mass is 127. The number of nitrogens with one attached hydrogen (secondary N) is 1. The molecule has 2 heterocycles. The van der Waals surface area contributed by atoms with Gasteiger partial charge in [-0.1, -0.05) is 29.8 Å². The molecule has 0 aliphatic heterocycles. The van der Waals surface area contributed by atoms with E-state index in [9.17, 15) is 0 Å². The van der Waals surface area contributed by atoms with Gasteiger partial charge in [-0.3, -0.25) is 9.67 Å². The normalized spacial score (nSPS) is 11.2. The van der Waals surface area contributed by atoms with E-state index in [2.05, 4.69) is 44.4 Å². The van der Waals surface area contributed by atoms with E-state index in [1.165, 1.54) is 5.56 Å². The van der Waals surface area contributed by atoms with Crippen LogP contribution in [-0.4, -0.2) is 44.7 Å². The van der Waals surface area contributed by atoms with Gasteiger partial charge in [0.1, 0.15) is 12.2 Å². The summed E-state index contributed by atoms with van der Waals surface area (Å²) in [5, 5.41) is 7.33. The first-order valence-electron chi connectivity index (χ1n) is 8.33. The van der Waals surface area contributed by atoms with Crippen molar-refractivity contribution in [3.05, 3.63) is 54.1 Å². The minimum Gasteiger partial charge on any atom is -0.439 e. The maximum Gasteiger partial charge on any atom is 0.214 e. The molecular formula is C18H24IN7O. The van der Waals surface area contributed by atoms with Crippen molar-refractivity contribution in [1.82, 2.24) is 30.0 Å². The Morgan fingerprint density at radius 2 is 2.00 bits per heavy atom. The molecule has 0 bridgehead atoms. The lowest BCUT2D eigenvalue weighted by Crippen LogP contribution is -2.38. The lowest BCUT2D eigenvalue weighted by Gasteiger charge is -2.20. The molecule has 27 heavy (non-hydrogen) atoms. The molecule has 2 aromatic heterocycles. The minimum absolute atomic E-state index is 0. The summed E-state index contributed by atoms with van der Waals surface area (Å²) in [6.07, 6.45) is 3.28. The molecule has 0 spiro atoms. The van der Waals surface area contributed by atoms with Gasteiger partial charge in [0.25, 0.3) is 0 Å². The molecule has 0 radical (unpaired) electrons. The second kappa shape index (κ2) is 9.49. The van der Waals surface area contributed by atoms with Crippen molar-refractivity contribution in [3.8, 4) is 11.3 Å². The van der Waals surface area contributed by atoms with Crippen LogP contribution in [0.25, 0.3) is 11.3 Å². The fraction of sp³-hybridized carbons (Fsp3) is 0.333. The average molecular weight is 481 g/mol. The van der Waals surface area contributed by atoms with Gasteiger partial charge in [-0.05, 0) is 6.92 Å². The maximum atomic E-state index is 5.84. The zero-order chi connectivity index (χ0) is 18.5. The fourth-order valence-electron chi connectivity index (χ4n) is 2.53. The Kier molecular flexibility index (Phi) is 7.34. The Morgan fingerprint density at radius 3 is 2.63 bits per heavy atom. The van der Waals surface area contributed by atoms with Crippen LogP contribution in [0, 0.1) is 6.92 Å². The van der Waals surface area contributed by atoms with Crippen molar-refractivity contribution in [1.29, 1.82) is 0 Å². The summed E-state index contributed by atoms with van der Waals surface area (Å²) in [5.41, 5.74) is 2.23. The summed E-state index contributed by atoms with van der Waals surface area (Å²) in [6, 6.07) is 8.17. The maximum absolute atomic E-state index is 5.84. The van der Waals surface area contributed by atoms with E-state index >= 15 is 0 Å². The third-order valence-corrected chi connectivity index (χ3v) is 4.04. The van der Waals surface area contributed by atoms with Crippen LogP contribution < -0.4 is 5.32 Å². The number of oxazole rings is 1. The second-order valence-corrected chi connectivity index (χ2v) is 6.04. The standard InChI is InChI=1S/C18H23N7O.HI/c1-13-5-7-14(8-6-13)15-9-20-17(26-15)10-21-18(19-2)24(3)11-16-22-12-23-25(16)4;/h5-9,12H,10-11H2,1-4H3,(H,19,21);1H.